The van der Waals surface area contributed by atoms with Gasteiger partial charge in [0.25, 0.3) is 0 Å². The van der Waals surface area contributed by atoms with Crippen LogP contribution >= 0.6 is 0 Å². The molecule has 0 atom stereocenters. The van der Waals surface area contributed by atoms with Gasteiger partial charge in [-0.1, -0.05) is 6.07 Å². The highest BCUT2D eigenvalue weighted by molar-refractivity contribution is 5.93. The summed E-state index contributed by atoms with van der Waals surface area (Å²) in [5.41, 5.74) is 1.79. The summed E-state index contributed by atoms with van der Waals surface area (Å²) in [4.78, 5) is 14.0. The van der Waals surface area contributed by atoms with Crippen molar-refractivity contribution in [3.05, 3.63) is 65.6 Å². The van der Waals surface area contributed by atoms with Gasteiger partial charge in [-0.05, 0) is 47.9 Å². The summed E-state index contributed by atoms with van der Waals surface area (Å²) < 4.78 is 18.3. The van der Waals surface area contributed by atoms with Gasteiger partial charge in [-0.3, -0.25) is 0 Å². The number of H-pyrrole nitrogens is 1. The van der Waals surface area contributed by atoms with Crippen molar-refractivity contribution in [1.82, 2.24) is 4.98 Å². The number of fused-ring (bicyclic) bond motifs is 1. The lowest BCUT2D eigenvalue weighted by Crippen LogP contribution is -1.96. The summed E-state index contributed by atoms with van der Waals surface area (Å²) in [5.74, 6) is -0.703. The van der Waals surface area contributed by atoms with Gasteiger partial charge >= 0.3 is 5.97 Å². The van der Waals surface area contributed by atoms with Crippen molar-refractivity contribution in [1.29, 1.82) is 0 Å². The topological polar surface area (TPSA) is 62.3 Å². The van der Waals surface area contributed by atoms with E-state index in [0.717, 1.165) is 16.6 Å². The van der Waals surface area contributed by atoms with Crippen molar-refractivity contribution in [2.75, 3.05) is 0 Å². The van der Waals surface area contributed by atoms with Crippen LogP contribution in [0.5, 0.6) is 5.75 Å². The first kappa shape index (κ1) is 13.2. The average molecular weight is 285 g/mol. The number of benzene rings is 2. The first-order chi connectivity index (χ1) is 10.1. The summed E-state index contributed by atoms with van der Waals surface area (Å²) in [6, 6.07) is 12.6. The van der Waals surface area contributed by atoms with E-state index in [1.54, 1.807) is 30.3 Å². The van der Waals surface area contributed by atoms with E-state index in [1.165, 1.54) is 12.1 Å². The number of nitrogens with one attached hydrogen (secondary N) is 1. The Balaban J connectivity index is 1.78. The van der Waals surface area contributed by atoms with Crippen LogP contribution in [0.25, 0.3) is 10.9 Å². The van der Waals surface area contributed by atoms with Crippen LogP contribution in [0.3, 0.4) is 0 Å². The first-order valence-corrected chi connectivity index (χ1v) is 6.35. The summed E-state index contributed by atoms with van der Waals surface area (Å²) in [6.45, 7) is 0.294. The minimum atomic E-state index is -0.962. The third-order valence-electron chi connectivity index (χ3n) is 3.13. The van der Waals surface area contributed by atoms with Gasteiger partial charge in [-0.2, -0.15) is 0 Å². The number of carboxylic acids is 1. The zero-order valence-corrected chi connectivity index (χ0v) is 11.0. The molecular formula is C16H12FNO3. The molecule has 3 aromatic rings. The molecule has 0 aliphatic heterocycles. The molecule has 0 fully saturated rings. The number of aromatic carboxylic acids is 1. The molecule has 0 bridgehead atoms. The Kier molecular flexibility index (Phi) is 3.31. The maximum atomic E-state index is 12.8. The van der Waals surface area contributed by atoms with Crippen LogP contribution in [0.4, 0.5) is 4.39 Å². The van der Waals surface area contributed by atoms with Crippen LogP contribution in [0.15, 0.2) is 48.5 Å². The number of ether oxygens (including phenoxy) is 1. The molecule has 0 aliphatic rings. The van der Waals surface area contributed by atoms with E-state index >= 15 is 0 Å². The standard InChI is InChI=1S/C16H12FNO3/c17-12-3-5-14(6-4-12)21-9-13-7-10-1-2-11(16(19)20)8-15(10)18-13/h1-8,18H,9H2,(H,19,20). The second kappa shape index (κ2) is 5.28. The van der Waals surface area contributed by atoms with E-state index in [4.69, 9.17) is 9.84 Å². The molecule has 0 aliphatic carbocycles. The molecule has 1 heterocycles. The van der Waals surface area contributed by atoms with E-state index in [-0.39, 0.29) is 11.4 Å². The third-order valence-corrected chi connectivity index (χ3v) is 3.13. The molecule has 0 amide bonds. The van der Waals surface area contributed by atoms with Gasteiger partial charge < -0.3 is 14.8 Å². The SMILES string of the molecule is O=C(O)c1ccc2cc(COc3ccc(F)cc3)[nH]c2c1. The highest BCUT2D eigenvalue weighted by Crippen LogP contribution is 2.19. The molecule has 0 spiro atoms. The minimum Gasteiger partial charge on any atom is -0.487 e. The highest BCUT2D eigenvalue weighted by Gasteiger charge is 2.06. The lowest BCUT2D eigenvalue weighted by molar-refractivity contribution is 0.0697. The predicted octanol–water partition coefficient (Wildman–Crippen LogP) is 3.58. The van der Waals surface area contributed by atoms with Gasteiger partial charge in [-0.25, -0.2) is 9.18 Å². The van der Waals surface area contributed by atoms with Crippen molar-refractivity contribution in [3.8, 4) is 5.75 Å². The Bertz CT molecular complexity index is 793. The quantitative estimate of drug-likeness (QED) is 0.770. The smallest absolute Gasteiger partial charge is 0.335 e. The summed E-state index contributed by atoms with van der Waals surface area (Å²) in [7, 11) is 0. The predicted molar refractivity (Wildman–Crippen MR) is 76.0 cm³/mol. The Morgan fingerprint density at radius 3 is 2.62 bits per heavy atom. The van der Waals surface area contributed by atoms with Crippen LogP contribution in [0.1, 0.15) is 16.1 Å². The second-order valence-electron chi connectivity index (χ2n) is 4.64. The number of hydrogen-bond acceptors (Lipinski definition) is 2. The fourth-order valence-electron chi connectivity index (χ4n) is 2.09. The number of hydrogen-bond donors (Lipinski definition) is 2. The Morgan fingerprint density at radius 2 is 1.90 bits per heavy atom. The molecule has 0 saturated carbocycles. The summed E-state index contributed by atoms with van der Waals surface area (Å²) in [5, 5.41) is 9.87. The molecule has 1 aromatic heterocycles. The van der Waals surface area contributed by atoms with Crippen LogP contribution in [0.2, 0.25) is 0 Å². The lowest BCUT2D eigenvalue weighted by atomic mass is 10.2. The van der Waals surface area contributed by atoms with Crippen LogP contribution in [0, 0.1) is 5.82 Å². The first-order valence-electron chi connectivity index (χ1n) is 6.35. The molecule has 0 radical (unpaired) electrons. The van der Waals surface area contributed by atoms with E-state index in [0.29, 0.717) is 12.4 Å². The van der Waals surface area contributed by atoms with Gasteiger partial charge in [0.2, 0.25) is 0 Å². The van der Waals surface area contributed by atoms with Crippen LogP contribution in [-0.4, -0.2) is 16.1 Å². The second-order valence-corrected chi connectivity index (χ2v) is 4.64. The molecule has 2 aromatic carbocycles. The van der Waals surface area contributed by atoms with Crippen molar-refractivity contribution < 1.29 is 19.0 Å². The van der Waals surface area contributed by atoms with Crippen molar-refractivity contribution >= 4 is 16.9 Å². The highest BCUT2D eigenvalue weighted by atomic mass is 19.1. The zero-order chi connectivity index (χ0) is 14.8. The molecule has 5 heteroatoms. The Labute approximate surface area is 119 Å². The maximum absolute atomic E-state index is 12.8. The molecule has 106 valence electrons. The average Bonchev–Trinajstić information content (AvgIpc) is 2.88. The number of halogens is 1. The van der Waals surface area contributed by atoms with E-state index in [9.17, 15) is 9.18 Å². The molecule has 2 N–H and O–H groups in total. The summed E-state index contributed by atoms with van der Waals surface area (Å²) in [6.07, 6.45) is 0. The number of aromatic amines is 1. The van der Waals surface area contributed by atoms with E-state index in [2.05, 4.69) is 4.98 Å². The van der Waals surface area contributed by atoms with Crippen molar-refractivity contribution in [3.63, 3.8) is 0 Å². The van der Waals surface area contributed by atoms with Gasteiger partial charge in [-0.15, -0.1) is 0 Å². The van der Waals surface area contributed by atoms with Gasteiger partial charge in [0.15, 0.2) is 0 Å². The molecular weight excluding hydrogens is 273 g/mol. The molecule has 0 saturated heterocycles. The van der Waals surface area contributed by atoms with Gasteiger partial charge in [0.1, 0.15) is 18.2 Å². The van der Waals surface area contributed by atoms with Gasteiger partial charge in [0, 0.05) is 5.52 Å². The van der Waals surface area contributed by atoms with Crippen molar-refractivity contribution in [2.45, 2.75) is 6.61 Å². The van der Waals surface area contributed by atoms with E-state index < -0.39 is 5.97 Å². The normalized spacial score (nSPS) is 10.7. The van der Waals surface area contributed by atoms with E-state index in [1.807, 2.05) is 6.07 Å². The number of rotatable bonds is 4. The summed E-state index contributed by atoms with van der Waals surface area (Å²) >= 11 is 0. The molecule has 21 heavy (non-hydrogen) atoms. The maximum Gasteiger partial charge on any atom is 0.335 e. The fourth-order valence-corrected chi connectivity index (χ4v) is 2.09. The van der Waals surface area contributed by atoms with Crippen molar-refractivity contribution in [2.24, 2.45) is 0 Å². The minimum absolute atomic E-state index is 0.232. The molecule has 4 nitrogen and oxygen atoms in total. The van der Waals surface area contributed by atoms with Crippen LogP contribution < -0.4 is 4.74 Å². The molecule has 3 rings (SSSR count). The number of aromatic nitrogens is 1. The van der Waals surface area contributed by atoms with Gasteiger partial charge in [0.05, 0.1) is 11.3 Å². The van der Waals surface area contributed by atoms with Crippen LogP contribution in [-0.2, 0) is 6.61 Å². The lowest BCUT2D eigenvalue weighted by Gasteiger charge is -2.03. The Hall–Kier alpha value is -2.82. The number of carbonyl (C=O) groups is 1. The number of carboxylic acid groups (broad SMARTS) is 1. The fraction of sp³-hybridized carbons (Fsp3) is 0.0625. The monoisotopic (exact) mass is 285 g/mol. The molecule has 0 unspecified atom stereocenters. The third kappa shape index (κ3) is 2.86. The largest absolute Gasteiger partial charge is 0.487 e. The Morgan fingerprint density at radius 1 is 1.14 bits per heavy atom. The zero-order valence-electron chi connectivity index (χ0n) is 11.0.